The van der Waals surface area contributed by atoms with Crippen molar-refractivity contribution in [1.82, 2.24) is 15.5 Å². The standard InChI is InChI=1S/C18H27N3O3/c1-13(15-10-6-7-11-16(15)24-3)21(2)12-17(22)20-18(23)19-14-8-4-5-9-14/h6-7,10-11,13-14H,4-5,8-9,12H2,1-3H3,(H2,19,20,22,23)/t13-/m1/s1. The van der Waals surface area contributed by atoms with E-state index in [2.05, 4.69) is 10.6 Å². The highest BCUT2D eigenvalue weighted by molar-refractivity contribution is 5.95. The van der Waals surface area contributed by atoms with Crippen LogP contribution in [0.4, 0.5) is 4.79 Å². The number of rotatable bonds is 6. The fourth-order valence-corrected chi connectivity index (χ4v) is 3.07. The van der Waals surface area contributed by atoms with E-state index in [1.165, 1.54) is 0 Å². The molecule has 3 amide bonds. The topological polar surface area (TPSA) is 70.7 Å². The summed E-state index contributed by atoms with van der Waals surface area (Å²) >= 11 is 0. The van der Waals surface area contributed by atoms with Crippen molar-refractivity contribution in [1.29, 1.82) is 0 Å². The molecule has 1 saturated carbocycles. The van der Waals surface area contributed by atoms with Crippen LogP contribution in [0.5, 0.6) is 5.75 Å². The molecule has 1 aromatic rings. The summed E-state index contributed by atoms with van der Waals surface area (Å²) in [7, 11) is 3.48. The number of hydrogen-bond donors (Lipinski definition) is 2. The average molecular weight is 333 g/mol. The van der Waals surface area contributed by atoms with Crippen LogP contribution in [0.2, 0.25) is 0 Å². The molecule has 132 valence electrons. The van der Waals surface area contributed by atoms with Crippen LogP contribution in [0.1, 0.15) is 44.2 Å². The molecular formula is C18H27N3O3. The lowest BCUT2D eigenvalue weighted by Gasteiger charge is -2.25. The van der Waals surface area contributed by atoms with E-state index in [1.54, 1.807) is 7.11 Å². The molecule has 1 atom stereocenters. The molecule has 6 nitrogen and oxygen atoms in total. The van der Waals surface area contributed by atoms with Gasteiger partial charge in [0, 0.05) is 17.6 Å². The predicted molar refractivity (Wildman–Crippen MR) is 93.0 cm³/mol. The van der Waals surface area contributed by atoms with Crippen LogP contribution < -0.4 is 15.4 Å². The molecule has 2 N–H and O–H groups in total. The summed E-state index contributed by atoms with van der Waals surface area (Å²) < 4.78 is 5.37. The van der Waals surface area contributed by atoms with Crippen molar-refractivity contribution in [2.75, 3.05) is 20.7 Å². The summed E-state index contributed by atoms with van der Waals surface area (Å²) in [6.07, 6.45) is 4.26. The smallest absolute Gasteiger partial charge is 0.321 e. The fraction of sp³-hybridized carbons (Fsp3) is 0.556. The molecule has 24 heavy (non-hydrogen) atoms. The summed E-state index contributed by atoms with van der Waals surface area (Å²) in [6.45, 7) is 2.14. The third-order valence-corrected chi connectivity index (χ3v) is 4.59. The molecule has 0 spiro atoms. The maximum Gasteiger partial charge on any atom is 0.321 e. The van der Waals surface area contributed by atoms with E-state index in [9.17, 15) is 9.59 Å². The second-order valence-electron chi connectivity index (χ2n) is 6.34. The Labute approximate surface area is 143 Å². The molecule has 2 rings (SSSR count). The third kappa shape index (κ3) is 4.96. The molecule has 0 bridgehead atoms. The second-order valence-corrected chi connectivity index (χ2v) is 6.34. The van der Waals surface area contributed by atoms with Crippen LogP contribution in [0.25, 0.3) is 0 Å². The van der Waals surface area contributed by atoms with Crippen LogP contribution in [-0.2, 0) is 4.79 Å². The molecule has 1 aliphatic carbocycles. The quantitative estimate of drug-likeness (QED) is 0.839. The van der Waals surface area contributed by atoms with Crippen LogP contribution in [0, 0.1) is 0 Å². The van der Waals surface area contributed by atoms with Crippen molar-refractivity contribution in [3.05, 3.63) is 29.8 Å². The monoisotopic (exact) mass is 333 g/mol. The predicted octanol–water partition coefficient (Wildman–Crippen LogP) is 2.46. The van der Waals surface area contributed by atoms with Gasteiger partial charge in [0.15, 0.2) is 0 Å². The van der Waals surface area contributed by atoms with Crippen LogP contribution in [-0.4, -0.2) is 43.6 Å². The number of imide groups is 1. The highest BCUT2D eigenvalue weighted by atomic mass is 16.5. The largest absolute Gasteiger partial charge is 0.496 e. The molecule has 1 aromatic carbocycles. The molecule has 0 aliphatic heterocycles. The van der Waals surface area contributed by atoms with Gasteiger partial charge in [-0.3, -0.25) is 15.0 Å². The summed E-state index contributed by atoms with van der Waals surface area (Å²) in [5.41, 5.74) is 1.01. The van der Waals surface area contributed by atoms with Gasteiger partial charge in [0.2, 0.25) is 5.91 Å². The van der Waals surface area contributed by atoms with Crippen molar-refractivity contribution >= 4 is 11.9 Å². The van der Waals surface area contributed by atoms with Gasteiger partial charge < -0.3 is 10.1 Å². The normalized spacial score (nSPS) is 16.0. The fourth-order valence-electron chi connectivity index (χ4n) is 3.07. The highest BCUT2D eigenvalue weighted by Crippen LogP contribution is 2.27. The molecule has 0 aromatic heterocycles. The highest BCUT2D eigenvalue weighted by Gasteiger charge is 2.21. The molecular weight excluding hydrogens is 306 g/mol. The first-order valence-electron chi connectivity index (χ1n) is 8.44. The number of methoxy groups -OCH3 is 1. The van der Waals surface area contributed by atoms with Crippen molar-refractivity contribution in [2.45, 2.75) is 44.7 Å². The summed E-state index contributed by atoms with van der Waals surface area (Å²) in [6, 6.07) is 7.52. The molecule has 0 heterocycles. The summed E-state index contributed by atoms with van der Waals surface area (Å²) in [5, 5.41) is 5.26. The van der Waals surface area contributed by atoms with E-state index in [0.717, 1.165) is 37.0 Å². The lowest BCUT2D eigenvalue weighted by molar-refractivity contribution is -0.121. The number of carbonyl (C=O) groups excluding carboxylic acids is 2. The van der Waals surface area contributed by atoms with Crippen LogP contribution in [0.3, 0.4) is 0 Å². The third-order valence-electron chi connectivity index (χ3n) is 4.59. The zero-order valence-electron chi connectivity index (χ0n) is 14.7. The Morgan fingerprint density at radius 3 is 2.62 bits per heavy atom. The minimum atomic E-state index is -0.398. The van der Waals surface area contributed by atoms with Gasteiger partial charge in [-0.15, -0.1) is 0 Å². The number of ether oxygens (including phenoxy) is 1. The van der Waals surface area contributed by atoms with Gasteiger partial charge in [-0.2, -0.15) is 0 Å². The van der Waals surface area contributed by atoms with Gasteiger partial charge in [-0.1, -0.05) is 31.0 Å². The van der Waals surface area contributed by atoms with E-state index < -0.39 is 6.03 Å². The van der Waals surface area contributed by atoms with Crippen molar-refractivity contribution in [3.8, 4) is 5.75 Å². The van der Waals surface area contributed by atoms with Gasteiger partial charge in [0.05, 0.1) is 13.7 Å². The Morgan fingerprint density at radius 1 is 1.29 bits per heavy atom. The Kier molecular flexibility index (Phi) is 6.61. The maximum atomic E-state index is 12.1. The first-order valence-corrected chi connectivity index (χ1v) is 8.44. The lowest BCUT2D eigenvalue weighted by Crippen LogP contribution is -2.46. The van der Waals surface area contributed by atoms with Crippen molar-refractivity contribution < 1.29 is 14.3 Å². The number of para-hydroxylation sites is 1. The summed E-state index contributed by atoms with van der Waals surface area (Å²) in [4.78, 5) is 25.8. The first-order chi connectivity index (χ1) is 11.5. The number of carbonyl (C=O) groups is 2. The zero-order valence-corrected chi connectivity index (χ0v) is 14.7. The van der Waals surface area contributed by atoms with E-state index in [1.807, 2.05) is 43.1 Å². The number of nitrogens with zero attached hydrogens (tertiary/aromatic N) is 1. The molecule has 1 aliphatic rings. The number of urea groups is 1. The molecule has 0 radical (unpaired) electrons. The SMILES string of the molecule is COc1ccccc1[C@@H](C)N(C)CC(=O)NC(=O)NC1CCCC1. The van der Waals surface area contributed by atoms with E-state index in [4.69, 9.17) is 4.74 Å². The van der Waals surface area contributed by atoms with E-state index in [-0.39, 0.29) is 24.5 Å². The van der Waals surface area contributed by atoms with Gasteiger partial charge in [-0.05, 0) is 32.9 Å². The van der Waals surface area contributed by atoms with Gasteiger partial charge in [0.25, 0.3) is 0 Å². The Hall–Kier alpha value is -2.08. The second kappa shape index (κ2) is 8.68. The van der Waals surface area contributed by atoms with Crippen LogP contribution >= 0.6 is 0 Å². The minimum absolute atomic E-state index is 0.00945. The van der Waals surface area contributed by atoms with E-state index in [0.29, 0.717) is 0 Å². The Bertz CT molecular complexity index is 570. The molecule has 6 heteroatoms. The van der Waals surface area contributed by atoms with Gasteiger partial charge in [-0.25, -0.2) is 4.79 Å². The number of amides is 3. The number of likely N-dealkylation sites (N-methyl/N-ethyl adjacent to an activating group) is 1. The Balaban J connectivity index is 1.84. The number of benzene rings is 1. The Morgan fingerprint density at radius 2 is 1.96 bits per heavy atom. The minimum Gasteiger partial charge on any atom is -0.496 e. The van der Waals surface area contributed by atoms with Crippen molar-refractivity contribution in [3.63, 3.8) is 0 Å². The molecule has 1 fully saturated rings. The van der Waals surface area contributed by atoms with Gasteiger partial charge in [0.1, 0.15) is 5.75 Å². The number of nitrogens with one attached hydrogen (secondary N) is 2. The lowest BCUT2D eigenvalue weighted by atomic mass is 10.1. The zero-order chi connectivity index (χ0) is 17.5. The summed E-state index contributed by atoms with van der Waals surface area (Å²) in [5.74, 6) is 0.478. The first kappa shape index (κ1) is 18.3. The van der Waals surface area contributed by atoms with Gasteiger partial charge >= 0.3 is 6.03 Å². The maximum absolute atomic E-state index is 12.1. The number of hydrogen-bond acceptors (Lipinski definition) is 4. The average Bonchev–Trinajstić information content (AvgIpc) is 3.06. The van der Waals surface area contributed by atoms with Crippen molar-refractivity contribution in [2.24, 2.45) is 0 Å². The van der Waals surface area contributed by atoms with E-state index >= 15 is 0 Å². The van der Waals surface area contributed by atoms with Crippen LogP contribution in [0.15, 0.2) is 24.3 Å². The molecule has 0 saturated heterocycles. The molecule has 0 unspecified atom stereocenters.